The first-order chi connectivity index (χ1) is 10.2. The largest absolute Gasteiger partial charge is 0.495 e. The van der Waals surface area contributed by atoms with Crippen LogP contribution in [-0.2, 0) is 4.79 Å². The number of methoxy groups -OCH3 is 1. The fourth-order valence-corrected chi connectivity index (χ4v) is 2.10. The van der Waals surface area contributed by atoms with Crippen LogP contribution in [0.25, 0.3) is 0 Å². The second-order valence-electron chi connectivity index (χ2n) is 4.44. The van der Waals surface area contributed by atoms with Gasteiger partial charge in [-0.15, -0.1) is 0 Å². The van der Waals surface area contributed by atoms with Gasteiger partial charge in [-0.25, -0.2) is 0 Å². The summed E-state index contributed by atoms with van der Waals surface area (Å²) in [5.74, 6) is 0.514. The quantitative estimate of drug-likeness (QED) is 0.853. The number of ether oxygens (including phenoxy) is 1. The Morgan fingerprint density at radius 2 is 1.90 bits per heavy atom. The highest BCUT2D eigenvalue weighted by Crippen LogP contribution is 2.27. The third-order valence-corrected chi connectivity index (χ3v) is 3.19. The van der Waals surface area contributed by atoms with Crippen LogP contribution in [0.3, 0.4) is 0 Å². The van der Waals surface area contributed by atoms with Gasteiger partial charge in [0, 0.05) is 24.3 Å². The van der Waals surface area contributed by atoms with Gasteiger partial charge in [0.25, 0.3) is 0 Å². The molecule has 0 aliphatic heterocycles. The molecule has 0 saturated heterocycles. The fourth-order valence-electron chi connectivity index (χ4n) is 1.84. The summed E-state index contributed by atoms with van der Waals surface area (Å²) in [7, 11) is 1.55. The maximum absolute atomic E-state index is 11.8. The summed E-state index contributed by atoms with van der Waals surface area (Å²) in [6, 6.07) is 14.9. The lowest BCUT2D eigenvalue weighted by molar-refractivity contribution is -0.115. The Morgan fingerprint density at radius 1 is 1.14 bits per heavy atom. The zero-order chi connectivity index (χ0) is 15.1. The van der Waals surface area contributed by atoms with Gasteiger partial charge < -0.3 is 15.4 Å². The van der Waals surface area contributed by atoms with Gasteiger partial charge in [0.15, 0.2) is 0 Å². The number of amides is 1. The first-order valence-electron chi connectivity index (χ1n) is 6.61. The lowest BCUT2D eigenvalue weighted by Gasteiger charge is -2.09. The van der Waals surface area contributed by atoms with Crippen molar-refractivity contribution in [3.8, 4) is 5.75 Å². The Balaban J connectivity index is 1.80. The first kappa shape index (κ1) is 15.2. The van der Waals surface area contributed by atoms with Crippen LogP contribution in [-0.4, -0.2) is 19.6 Å². The number of rotatable bonds is 6. The second-order valence-corrected chi connectivity index (χ2v) is 4.85. The molecule has 0 saturated carbocycles. The maximum Gasteiger partial charge on any atom is 0.226 e. The Labute approximate surface area is 129 Å². The summed E-state index contributed by atoms with van der Waals surface area (Å²) in [6.45, 7) is 0.569. The van der Waals surface area contributed by atoms with Crippen LogP contribution in [0.1, 0.15) is 6.42 Å². The topological polar surface area (TPSA) is 50.4 Å². The van der Waals surface area contributed by atoms with Crippen LogP contribution >= 0.6 is 11.6 Å². The molecule has 0 aromatic heterocycles. The predicted molar refractivity (Wildman–Crippen MR) is 86.2 cm³/mol. The number of nitrogens with one attached hydrogen (secondary N) is 2. The van der Waals surface area contributed by atoms with Gasteiger partial charge in [-0.3, -0.25) is 4.79 Å². The molecule has 0 aliphatic carbocycles. The van der Waals surface area contributed by atoms with Gasteiger partial charge in [-0.05, 0) is 30.3 Å². The second kappa shape index (κ2) is 7.55. The molecule has 2 rings (SSSR count). The van der Waals surface area contributed by atoms with Crippen molar-refractivity contribution in [1.82, 2.24) is 0 Å². The van der Waals surface area contributed by atoms with E-state index >= 15 is 0 Å². The zero-order valence-corrected chi connectivity index (χ0v) is 12.5. The van der Waals surface area contributed by atoms with Gasteiger partial charge in [-0.1, -0.05) is 29.8 Å². The minimum Gasteiger partial charge on any atom is -0.495 e. The minimum atomic E-state index is -0.0698. The van der Waals surface area contributed by atoms with Crippen molar-refractivity contribution in [1.29, 1.82) is 0 Å². The van der Waals surface area contributed by atoms with Crippen LogP contribution in [0.15, 0.2) is 48.5 Å². The Hall–Kier alpha value is -2.20. The Bertz CT molecular complexity index is 602. The van der Waals surface area contributed by atoms with Crippen LogP contribution < -0.4 is 15.4 Å². The highest BCUT2D eigenvalue weighted by Gasteiger charge is 2.05. The third kappa shape index (κ3) is 4.68. The van der Waals surface area contributed by atoms with Gasteiger partial charge in [-0.2, -0.15) is 0 Å². The average Bonchev–Trinajstić information content (AvgIpc) is 2.48. The highest BCUT2D eigenvalue weighted by atomic mass is 35.5. The summed E-state index contributed by atoms with van der Waals surface area (Å²) in [4.78, 5) is 11.8. The van der Waals surface area contributed by atoms with E-state index in [1.54, 1.807) is 25.3 Å². The molecule has 0 radical (unpaired) electrons. The van der Waals surface area contributed by atoms with E-state index in [1.165, 1.54) is 0 Å². The smallest absolute Gasteiger partial charge is 0.226 e. The van der Waals surface area contributed by atoms with Crippen molar-refractivity contribution in [2.24, 2.45) is 0 Å². The molecule has 0 bridgehead atoms. The van der Waals surface area contributed by atoms with Gasteiger partial charge in [0.1, 0.15) is 5.75 Å². The lowest BCUT2D eigenvalue weighted by atomic mass is 10.2. The predicted octanol–water partition coefficient (Wildman–Crippen LogP) is 3.79. The number of hydrogen-bond donors (Lipinski definition) is 2. The maximum atomic E-state index is 11.8. The molecular formula is C16H17ClN2O2. The SMILES string of the molecule is COc1ccc(NC(=O)CCNc2ccccc2)cc1Cl. The van der Waals surface area contributed by atoms with Crippen molar-refractivity contribution in [2.45, 2.75) is 6.42 Å². The van der Waals surface area contributed by atoms with E-state index < -0.39 is 0 Å². The minimum absolute atomic E-state index is 0.0698. The van der Waals surface area contributed by atoms with Gasteiger partial charge in [0.2, 0.25) is 5.91 Å². The van der Waals surface area contributed by atoms with Crippen molar-refractivity contribution >= 4 is 28.9 Å². The van der Waals surface area contributed by atoms with E-state index in [0.717, 1.165) is 5.69 Å². The Kier molecular flexibility index (Phi) is 5.46. The molecule has 0 atom stereocenters. The van der Waals surface area contributed by atoms with Crippen LogP contribution in [0.5, 0.6) is 5.75 Å². The standard InChI is InChI=1S/C16H17ClN2O2/c1-21-15-8-7-13(11-14(15)17)19-16(20)9-10-18-12-5-3-2-4-6-12/h2-8,11,18H,9-10H2,1H3,(H,19,20). The number of carbonyl (C=O) groups excluding carboxylic acids is 1. The molecule has 2 N–H and O–H groups in total. The van der Waals surface area contributed by atoms with Crippen molar-refractivity contribution in [2.75, 3.05) is 24.3 Å². The van der Waals surface area contributed by atoms with E-state index in [2.05, 4.69) is 10.6 Å². The van der Waals surface area contributed by atoms with Crippen molar-refractivity contribution in [3.63, 3.8) is 0 Å². The molecule has 0 aliphatic rings. The molecule has 110 valence electrons. The molecule has 0 heterocycles. The lowest BCUT2D eigenvalue weighted by Crippen LogP contribution is -2.16. The molecule has 21 heavy (non-hydrogen) atoms. The van der Waals surface area contributed by atoms with E-state index in [-0.39, 0.29) is 5.91 Å². The number of hydrogen-bond acceptors (Lipinski definition) is 3. The summed E-state index contributed by atoms with van der Waals surface area (Å²) >= 11 is 6.01. The molecule has 0 fully saturated rings. The normalized spacial score (nSPS) is 10.0. The summed E-state index contributed by atoms with van der Waals surface area (Å²) in [6.07, 6.45) is 0.374. The van der Waals surface area contributed by atoms with Crippen molar-refractivity contribution < 1.29 is 9.53 Å². The van der Waals surface area contributed by atoms with Crippen LogP contribution in [0, 0.1) is 0 Å². The third-order valence-electron chi connectivity index (χ3n) is 2.89. The summed E-state index contributed by atoms with van der Waals surface area (Å²) < 4.78 is 5.06. The molecule has 2 aromatic carbocycles. The molecule has 5 heteroatoms. The van der Waals surface area contributed by atoms with Crippen LogP contribution in [0.4, 0.5) is 11.4 Å². The van der Waals surface area contributed by atoms with E-state index in [1.807, 2.05) is 30.3 Å². The fraction of sp³-hybridized carbons (Fsp3) is 0.188. The highest BCUT2D eigenvalue weighted by molar-refractivity contribution is 6.32. The Morgan fingerprint density at radius 3 is 2.57 bits per heavy atom. The molecule has 0 spiro atoms. The number of anilines is 2. The molecule has 1 amide bonds. The molecule has 4 nitrogen and oxygen atoms in total. The monoisotopic (exact) mass is 304 g/mol. The molecular weight excluding hydrogens is 288 g/mol. The zero-order valence-electron chi connectivity index (χ0n) is 11.7. The number of para-hydroxylation sites is 1. The summed E-state index contributed by atoms with van der Waals surface area (Å²) in [5.41, 5.74) is 1.66. The van der Waals surface area contributed by atoms with E-state index in [9.17, 15) is 4.79 Å². The van der Waals surface area contributed by atoms with Crippen molar-refractivity contribution in [3.05, 3.63) is 53.6 Å². The number of halogens is 1. The van der Waals surface area contributed by atoms with Gasteiger partial charge >= 0.3 is 0 Å². The van der Waals surface area contributed by atoms with Gasteiger partial charge in [0.05, 0.1) is 12.1 Å². The number of carbonyl (C=O) groups is 1. The van der Waals surface area contributed by atoms with E-state index in [4.69, 9.17) is 16.3 Å². The first-order valence-corrected chi connectivity index (χ1v) is 6.99. The van der Waals surface area contributed by atoms with E-state index in [0.29, 0.717) is 29.4 Å². The average molecular weight is 305 g/mol. The summed E-state index contributed by atoms with van der Waals surface area (Å²) in [5, 5.41) is 6.46. The molecule has 0 unspecified atom stereocenters. The van der Waals surface area contributed by atoms with Crippen LogP contribution in [0.2, 0.25) is 5.02 Å². The molecule has 2 aromatic rings. The number of benzene rings is 2.